The number of benzene rings is 1. The number of carboxylic acid groups (broad SMARTS) is 1. The number of hydrogen-bond acceptors (Lipinski definition) is 6. The predicted octanol–water partition coefficient (Wildman–Crippen LogP) is 2.03. The molecule has 0 bridgehead atoms. The number of carbonyl (C=O) groups is 1. The minimum absolute atomic E-state index is 0.168. The van der Waals surface area contributed by atoms with E-state index in [0.29, 0.717) is 18.0 Å². The Morgan fingerprint density at radius 1 is 1.22 bits per heavy atom. The number of hydrogen-bond donors (Lipinski definition) is 2. The van der Waals surface area contributed by atoms with Crippen LogP contribution in [0.5, 0.6) is 11.5 Å². The number of fused-ring (bicyclic) bond motifs is 1. The third-order valence-electron chi connectivity index (χ3n) is 5.05. The Morgan fingerprint density at radius 2 is 1.89 bits per heavy atom. The highest BCUT2D eigenvalue weighted by Gasteiger charge is 2.23. The van der Waals surface area contributed by atoms with Crippen LogP contribution in [0.2, 0.25) is 0 Å². The van der Waals surface area contributed by atoms with Crippen LogP contribution in [0.3, 0.4) is 0 Å². The third kappa shape index (κ3) is 4.16. The van der Waals surface area contributed by atoms with Gasteiger partial charge < -0.3 is 24.8 Å². The van der Waals surface area contributed by atoms with Crippen LogP contribution in [0.4, 0.5) is 10.5 Å². The molecule has 1 aromatic carbocycles. The van der Waals surface area contributed by atoms with E-state index in [1.807, 2.05) is 31.3 Å². The molecular weight excluding hydrogens is 348 g/mol. The van der Waals surface area contributed by atoms with Crippen LogP contribution in [0.25, 0.3) is 10.9 Å². The molecule has 1 aliphatic heterocycles. The summed E-state index contributed by atoms with van der Waals surface area (Å²) >= 11 is 0. The average Bonchev–Trinajstić information content (AvgIpc) is 2.70. The Bertz CT molecular complexity index is 806. The highest BCUT2D eigenvalue weighted by atomic mass is 16.5. The molecule has 2 heterocycles. The molecule has 1 aliphatic rings. The zero-order valence-electron chi connectivity index (χ0n) is 15.9. The van der Waals surface area contributed by atoms with Gasteiger partial charge in [0.15, 0.2) is 11.5 Å². The van der Waals surface area contributed by atoms with Crippen LogP contribution < -0.4 is 19.7 Å². The van der Waals surface area contributed by atoms with Crippen LogP contribution in [0.15, 0.2) is 24.4 Å². The minimum Gasteiger partial charge on any atom is -0.493 e. The maximum Gasteiger partial charge on any atom is 0.404 e. The van der Waals surface area contributed by atoms with Crippen molar-refractivity contribution in [3.63, 3.8) is 0 Å². The number of aromatic nitrogens is 1. The highest BCUT2D eigenvalue weighted by Crippen LogP contribution is 2.35. The number of methoxy groups -OCH3 is 2. The topological polar surface area (TPSA) is 87.2 Å². The first-order valence-electron chi connectivity index (χ1n) is 9.00. The van der Waals surface area contributed by atoms with Gasteiger partial charge in [0.25, 0.3) is 0 Å². The van der Waals surface area contributed by atoms with Crippen molar-refractivity contribution < 1.29 is 19.4 Å². The smallest absolute Gasteiger partial charge is 0.404 e. The summed E-state index contributed by atoms with van der Waals surface area (Å²) in [4.78, 5) is 19.8. The summed E-state index contributed by atoms with van der Waals surface area (Å²) in [6.45, 7) is 5.96. The molecule has 0 spiro atoms. The van der Waals surface area contributed by atoms with Crippen LogP contribution in [-0.2, 0) is 0 Å². The van der Waals surface area contributed by atoms with Gasteiger partial charge in [0.05, 0.1) is 19.7 Å². The number of amides is 1. The van der Waals surface area contributed by atoms with Gasteiger partial charge in [-0.15, -0.1) is 0 Å². The number of piperazine rings is 1. The molecule has 1 amide bonds. The van der Waals surface area contributed by atoms with Crippen molar-refractivity contribution in [1.82, 2.24) is 15.2 Å². The van der Waals surface area contributed by atoms with Gasteiger partial charge in [0, 0.05) is 62.1 Å². The van der Waals surface area contributed by atoms with E-state index in [0.717, 1.165) is 42.8 Å². The van der Waals surface area contributed by atoms with Crippen molar-refractivity contribution in [2.24, 2.45) is 0 Å². The summed E-state index contributed by atoms with van der Waals surface area (Å²) in [7, 11) is 3.25. The molecule has 1 saturated heterocycles. The fraction of sp³-hybridized carbons (Fsp3) is 0.474. The molecule has 0 saturated carbocycles. The molecule has 27 heavy (non-hydrogen) atoms. The first-order valence-corrected chi connectivity index (χ1v) is 9.00. The first kappa shape index (κ1) is 19.0. The summed E-state index contributed by atoms with van der Waals surface area (Å²) in [5, 5.41) is 12.3. The molecular formula is C19H26N4O4. The Labute approximate surface area is 158 Å². The zero-order valence-corrected chi connectivity index (χ0v) is 15.9. The second-order valence-corrected chi connectivity index (χ2v) is 6.61. The Kier molecular flexibility index (Phi) is 5.85. The zero-order chi connectivity index (χ0) is 19.4. The Morgan fingerprint density at radius 3 is 2.52 bits per heavy atom. The van der Waals surface area contributed by atoms with E-state index in [1.54, 1.807) is 14.2 Å². The van der Waals surface area contributed by atoms with Gasteiger partial charge in [0.1, 0.15) is 0 Å². The maximum atomic E-state index is 10.7. The van der Waals surface area contributed by atoms with Crippen molar-refractivity contribution in [1.29, 1.82) is 0 Å². The lowest BCUT2D eigenvalue weighted by Gasteiger charge is -2.39. The van der Waals surface area contributed by atoms with E-state index in [4.69, 9.17) is 14.6 Å². The van der Waals surface area contributed by atoms with Crippen molar-refractivity contribution in [2.45, 2.75) is 13.0 Å². The van der Waals surface area contributed by atoms with E-state index >= 15 is 0 Å². The van der Waals surface area contributed by atoms with E-state index in [1.165, 1.54) is 0 Å². The Balaban J connectivity index is 1.76. The number of rotatable bonds is 6. The fourth-order valence-electron chi connectivity index (χ4n) is 3.50. The van der Waals surface area contributed by atoms with E-state index in [-0.39, 0.29) is 6.04 Å². The second kappa shape index (κ2) is 8.30. The van der Waals surface area contributed by atoms with Crippen molar-refractivity contribution in [3.05, 3.63) is 24.4 Å². The molecule has 1 fully saturated rings. The largest absolute Gasteiger partial charge is 0.493 e. The van der Waals surface area contributed by atoms with Gasteiger partial charge in [-0.3, -0.25) is 9.88 Å². The van der Waals surface area contributed by atoms with Gasteiger partial charge in [0.2, 0.25) is 0 Å². The van der Waals surface area contributed by atoms with E-state index in [9.17, 15) is 4.79 Å². The van der Waals surface area contributed by atoms with Gasteiger partial charge in [-0.05, 0) is 19.1 Å². The van der Waals surface area contributed by atoms with Crippen molar-refractivity contribution in [2.75, 3.05) is 51.8 Å². The monoisotopic (exact) mass is 374 g/mol. The summed E-state index contributed by atoms with van der Waals surface area (Å²) in [5.41, 5.74) is 1.99. The predicted molar refractivity (Wildman–Crippen MR) is 104 cm³/mol. The molecule has 3 rings (SSSR count). The molecule has 1 aromatic heterocycles. The molecule has 2 N–H and O–H groups in total. The lowest BCUT2D eigenvalue weighted by molar-refractivity contribution is 0.173. The maximum absolute atomic E-state index is 10.7. The van der Waals surface area contributed by atoms with Crippen molar-refractivity contribution in [3.8, 4) is 11.5 Å². The number of nitrogens with zero attached hydrogens (tertiary/aromatic N) is 3. The van der Waals surface area contributed by atoms with Crippen LogP contribution >= 0.6 is 0 Å². The lowest BCUT2D eigenvalue weighted by Crippen LogP contribution is -2.52. The Hall–Kier alpha value is -2.74. The quantitative estimate of drug-likeness (QED) is 0.800. The van der Waals surface area contributed by atoms with Gasteiger partial charge in [-0.25, -0.2) is 4.79 Å². The fourth-order valence-corrected chi connectivity index (χ4v) is 3.50. The molecule has 2 aromatic rings. The SMILES string of the molecule is COc1cc2nccc(N3CCN(C(C)CNC(=O)O)CC3)c2cc1OC. The van der Waals surface area contributed by atoms with Gasteiger partial charge in [-0.2, -0.15) is 0 Å². The molecule has 1 unspecified atom stereocenters. The van der Waals surface area contributed by atoms with Crippen LogP contribution in [0.1, 0.15) is 6.92 Å². The summed E-state index contributed by atoms with van der Waals surface area (Å²) in [6, 6.07) is 6.07. The standard InChI is InChI=1S/C19H26N4O4/c1-13(12-21-19(24)25)22-6-8-23(9-7-22)16-4-5-20-15-11-18(27-3)17(26-2)10-14(15)16/h4-5,10-11,13,21H,6-9,12H2,1-3H3,(H,24,25). The van der Waals surface area contributed by atoms with Crippen LogP contribution in [0, 0.1) is 0 Å². The number of nitrogens with one attached hydrogen (secondary N) is 1. The number of pyridine rings is 1. The normalized spacial score (nSPS) is 16.2. The lowest BCUT2D eigenvalue weighted by atomic mass is 10.1. The van der Waals surface area contributed by atoms with Gasteiger partial charge >= 0.3 is 6.09 Å². The first-order chi connectivity index (χ1) is 13.0. The summed E-state index contributed by atoms with van der Waals surface area (Å²) in [6.07, 6.45) is 0.836. The second-order valence-electron chi connectivity index (χ2n) is 6.61. The van der Waals surface area contributed by atoms with E-state index < -0.39 is 6.09 Å². The molecule has 8 heteroatoms. The minimum atomic E-state index is -0.979. The molecule has 0 radical (unpaired) electrons. The van der Waals surface area contributed by atoms with Crippen molar-refractivity contribution >= 4 is 22.7 Å². The van der Waals surface area contributed by atoms with E-state index in [2.05, 4.69) is 20.1 Å². The highest BCUT2D eigenvalue weighted by molar-refractivity contribution is 5.94. The molecule has 1 atom stereocenters. The average molecular weight is 374 g/mol. The molecule has 146 valence electrons. The molecule has 0 aliphatic carbocycles. The summed E-state index contributed by atoms with van der Waals surface area (Å²) in [5.74, 6) is 1.35. The number of anilines is 1. The molecule has 8 nitrogen and oxygen atoms in total. The van der Waals surface area contributed by atoms with Gasteiger partial charge in [-0.1, -0.05) is 0 Å². The van der Waals surface area contributed by atoms with Crippen LogP contribution in [-0.4, -0.2) is 74.1 Å². The third-order valence-corrected chi connectivity index (χ3v) is 5.05. The summed E-state index contributed by atoms with van der Waals surface area (Å²) < 4.78 is 10.8. The number of ether oxygens (including phenoxy) is 2.